The van der Waals surface area contributed by atoms with E-state index in [-0.39, 0.29) is 0 Å². The Labute approximate surface area is 114 Å². The van der Waals surface area contributed by atoms with Crippen LogP contribution in [0.15, 0.2) is 34.8 Å². The van der Waals surface area contributed by atoms with Crippen LogP contribution in [0.3, 0.4) is 0 Å². The molecule has 0 N–H and O–H groups in total. The van der Waals surface area contributed by atoms with Gasteiger partial charge in [0.2, 0.25) is 5.88 Å². The summed E-state index contributed by atoms with van der Waals surface area (Å²) in [4.78, 5) is 14.9. The average molecular weight is 306 g/mol. The molecule has 4 heteroatoms. The van der Waals surface area contributed by atoms with Crippen LogP contribution >= 0.6 is 15.9 Å². The molecule has 0 aliphatic heterocycles. The molecule has 0 aliphatic rings. The van der Waals surface area contributed by atoms with Crippen LogP contribution in [-0.4, -0.2) is 11.3 Å². The molecule has 2 rings (SSSR count). The number of pyridine rings is 1. The van der Waals surface area contributed by atoms with Gasteiger partial charge in [0, 0.05) is 16.1 Å². The van der Waals surface area contributed by atoms with E-state index in [1.165, 1.54) is 0 Å². The molecule has 1 aromatic heterocycles. The molecular weight excluding hydrogens is 294 g/mol. The Kier molecular flexibility index (Phi) is 3.77. The van der Waals surface area contributed by atoms with Gasteiger partial charge < -0.3 is 4.74 Å². The zero-order valence-electron chi connectivity index (χ0n) is 10.1. The highest BCUT2D eigenvalue weighted by Gasteiger charge is 2.04. The number of aromatic nitrogens is 1. The molecule has 0 fully saturated rings. The first-order chi connectivity index (χ1) is 8.60. The summed E-state index contributed by atoms with van der Waals surface area (Å²) in [5.74, 6) is 1.21. The predicted octanol–water partition coefficient (Wildman–Crippen LogP) is 4.07. The van der Waals surface area contributed by atoms with Gasteiger partial charge in [0.25, 0.3) is 0 Å². The number of benzene rings is 1. The number of aldehydes is 1. The number of carbonyl (C=O) groups is 1. The zero-order chi connectivity index (χ0) is 13.1. The van der Waals surface area contributed by atoms with E-state index in [1.54, 1.807) is 19.1 Å². The molecular formula is C14H12BrNO2. The summed E-state index contributed by atoms with van der Waals surface area (Å²) < 4.78 is 6.68. The standard InChI is InChI=1S/C14H12BrNO2/c1-9-7-12(4-5-13(9)15)18-14-6-3-11(8-17)10(2)16-14/h3-8H,1-2H3. The minimum absolute atomic E-state index is 0.486. The van der Waals surface area contributed by atoms with E-state index in [0.29, 0.717) is 17.1 Å². The van der Waals surface area contributed by atoms with E-state index in [1.807, 2.05) is 25.1 Å². The topological polar surface area (TPSA) is 39.2 Å². The van der Waals surface area contributed by atoms with Crippen molar-refractivity contribution in [2.75, 3.05) is 0 Å². The van der Waals surface area contributed by atoms with Gasteiger partial charge in [0.15, 0.2) is 6.29 Å². The maximum Gasteiger partial charge on any atom is 0.219 e. The highest BCUT2D eigenvalue weighted by Crippen LogP contribution is 2.25. The van der Waals surface area contributed by atoms with Crippen molar-refractivity contribution in [1.29, 1.82) is 0 Å². The highest BCUT2D eigenvalue weighted by molar-refractivity contribution is 9.10. The van der Waals surface area contributed by atoms with E-state index in [2.05, 4.69) is 20.9 Å². The van der Waals surface area contributed by atoms with Crippen molar-refractivity contribution in [3.05, 3.63) is 51.6 Å². The number of rotatable bonds is 3. The monoisotopic (exact) mass is 305 g/mol. The molecule has 1 aromatic carbocycles. The Bertz CT molecular complexity index is 596. The molecule has 1 heterocycles. The van der Waals surface area contributed by atoms with Crippen LogP contribution in [0.4, 0.5) is 0 Å². The first kappa shape index (κ1) is 12.8. The van der Waals surface area contributed by atoms with E-state index >= 15 is 0 Å². The first-order valence-electron chi connectivity index (χ1n) is 5.47. The molecule has 0 unspecified atom stereocenters. The van der Waals surface area contributed by atoms with Crippen molar-refractivity contribution in [2.45, 2.75) is 13.8 Å². The fourth-order valence-corrected chi connectivity index (χ4v) is 1.78. The second kappa shape index (κ2) is 5.31. The van der Waals surface area contributed by atoms with Crippen molar-refractivity contribution in [3.63, 3.8) is 0 Å². The van der Waals surface area contributed by atoms with Crippen molar-refractivity contribution in [3.8, 4) is 11.6 Å². The van der Waals surface area contributed by atoms with Gasteiger partial charge in [0.05, 0.1) is 5.69 Å². The van der Waals surface area contributed by atoms with Crippen LogP contribution in [0.2, 0.25) is 0 Å². The van der Waals surface area contributed by atoms with Crippen LogP contribution in [0.1, 0.15) is 21.6 Å². The molecule has 3 nitrogen and oxygen atoms in total. The summed E-state index contributed by atoms with van der Waals surface area (Å²) in [6.07, 6.45) is 0.788. The number of aryl methyl sites for hydroxylation is 2. The van der Waals surface area contributed by atoms with Crippen molar-refractivity contribution < 1.29 is 9.53 Å². The summed E-state index contributed by atoms with van der Waals surface area (Å²) in [5, 5.41) is 0. The average Bonchev–Trinajstić information content (AvgIpc) is 2.34. The van der Waals surface area contributed by atoms with Gasteiger partial charge in [-0.3, -0.25) is 4.79 Å². The number of hydrogen-bond acceptors (Lipinski definition) is 3. The summed E-state index contributed by atoms with van der Waals surface area (Å²) in [6.45, 7) is 3.77. The maximum absolute atomic E-state index is 10.7. The Hall–Kier alpha value is -1.68. The zero-order valence-corrected chi connectivity index (χ0v) is 11.7. The molecule has 2 aromatic rings. The predicted molar refractivity (Wildman–Crippen MR) is 73.3 cm³/mol. The third-order valence-corrected chi connectivity index (χ3v) is 3.47. The normalized spacial score (nSPS) is 10.2. The van der Waals surface area contributed by atoms with Crippen LogP contribution in [-0.2, 0) is 0 Å². The van der Waals surface area contributed by atoms with Gasteiger partial charge in [-0.05, 0) is 43.7 Å². The number of halogens is 1. The van der Waals surface area contributed by atoms with E-state index in [9.17, 15) is 4.79 Å². The fraction of sp³-hybridized carbons (Fsp3) is 0.143. The molecule has 0 atom stereocenters. The van der Waals surface area contributed by atoms with Crippen LogP contribution in [0.5, 0.6) is 11.6 Å². The fourth-order valence-electron chi connectivity index (χ4n) is 1.53. The Balaban J connectivity index is 2.25. The SMILES string of the molecule is Cc1cc(Oc2ccc(C=O)c(C)n2)ccc1Br. The molecule has 0 aliphatic carbocycles. The minimum atomic E-state index is 0.486. The molecule has 0 radical (unpaired) electrons. The van der Waals surface area contributed by atoms with Gasteiger partial charge in [-0.25, -0.2) is 4.98 Å². The van der Waals surface area contributed by atoms with Crippen LogP contribution in [0.25, 0.3) is 0 Å². The molecule has 0 saturated carbocycles. The Morgan fingerprint density at radius 3 is 2.61 bits per heavy atom. The molecule has 18 heavy (non-hydrogen) atoms. The summed E-state index contributed by atoms with van der Waals surface area (Å²) in [6, 6.07) is 9.11. The van der Waals surface area contributed by atoms with Gasteiger partial charge in [-0.1, -0.05) is 15.9 Å². The van der Waals surface area contributed by atoms with E-state index < -0.39 is 0 Å². The van der Waals surface area contributed by atoms with Gasteiger partial charge >= 0.3 is 0 Å². The number of carbonyl (C=O) groups excluding carboxylic acids is 1. The van der Waals surface area contributed by atoms with E-state index in [0.717, 1.165) is 22.1 Å². The summed E-state index contributed by atoms with van der Waals surface area (Å²) in [5.41, 5.74) is 2.33. The van der Waals surface area contributed by atoms with Crippen molar-refractivity contribution in [1.82, 2.24) is 4.98 Å². The van der Waals surface area contributed by atoms with Crippen LogP contribution in [0, 0.1) is 13.8 Å². The lowest BCUT2D eigenvalue weighted by Gasteiger charge is -2.07. The van der Waals surface area contributed by atoms with E-state index in [4.69, 9.17) is 4.74 Å². The number of nitrogens with zero attached hydrogens (tertiary/aromatic N) is 1. The molecule has 92 valence electrons. The molecule has 0 saturated heterocycles. The van der Waals surface area contributed by atoms with Crippen molar-refractivity contribution in [2.24, 2.45) is 0 Å². The summed E-state index contributed by atoms with van der Waals surface area (Å²) in [7, 11) is 0. The van der Waals surface area contributed by atoms with Gasteiger partial charge in [-0.2, -0.15) is 0 Å². The quantitative estimate of drug-likeness (QED) is 0.803. The Morgan fingerprint density at radius 2 is 2.00 bits per heavy atom. The highest BCUT2D eigenvalue weighted by atomic mass is 79.9. The number of hydrogen-bond donors (Lipinski definition) is 0. The van der Waals surface area contributed by atoms with Gasteiger partial charge in [0.1, 0.15) is 5.75 Å². The molecule has 0 amide bonds. The van der Waals surface area contributed by atoms with Crippen LogP contribution < -0.4 is 4.74 Å². The lowest BCUT2D eigenvalue weighted by molar-refractivity contribution is 0.112. The maximum atomic E-state index is 10.7. The lowest BCUT2D eigenvalue weighted by atomic mass is 10.2. The minimum Gasteiger partial charge on any atom is -0.439 e. The lowest BCUT2D eigenvalue weighted by Crippen LogP contribution is -1.94. The third kappa shape index (κ3) is 2.76. The Morgan fingerprint density at radius 1 is 1.22 bits per heavy atom. The first-order valence-corrected chi connectivity index (χ1v) is 6.26. The third-order valence-electron chi connectivity index (χ3n) is 2.58. The van der Waals surface area contributed by atoms with Gasteiger partial charge in [-0.15, -0.1) is 0 Å². The molecule has 0 spiro atoms. The summed E-state index contributed by atoms with van der Waals surface area (Å²) >= 11 is 3.44. The molecule has 0 bridgehead atoms. The van der Waals surface area contributed by atoms with Crippen molar-refractivity contribution >= 4 is 22.2 Å². The second-order valence-electron chi connectivity index (χ2n) is 3.96. The second-order valence-corrected chi connectivity index (χ2v) is 4.81. The smallest absolute Gasteiger partial charge is 0.219 e. The number of ether oxygens (including phenoxy) is 1. The largest absolute Gasteiger partial charge is 0.439 e.